The van der Waals surface area contributed by atoms with Gasteiger partial charge in [-0.25, -0.2) is 0 Å². The predicted octanol–water partition coefficient (Wildman–Crippen LogP) is 3.91. The zero-order valence-electron chi connectivity index (χ0n) is 10.9. The summed E-state index contributed by atoms with van der Waals surface area (Å²) < 4.78 is 0. The van der Waals surface area contributed by atoms with Crippen molar-refractivity contribution in [3.8, 4) is 0 Å². The van der Waals surface area contributed by atoms with E-state index in [2.05, 4.69) is 17.2 Å². The molecule has 1 atom stereocenters. The van der Waals surface area contributed by atoms with Crippen molar-refractivity contribution in [2.24, 2.45) is 4.99 Å². The van der Waals surface area contributed by atoms with Crippen LogP contribution in [0.2, 0.25) is 0 Å². The SMILES string of the molecule is CCCCCCCCCCCC1CN=CN1. The molecular weight excluding hydrogens is 196 g/mol. The number of unbranched alkanes of at least 4 members (excludes halogenated alkanes) is 8. The summed E-state index contributed by atoms with van der Waals surface area (Å²) in [6.07, 6.45) is 15.9. The third-order valence-corrected chi connectivity index (χ3v) is 3.38. The molecule has 1 rings (SSSR count). The molecule has 2 nitrogen and oxygen atoms in total. The summed E-state index contributed by atoms with van der Waals surface area (Å²) in [6.45, 7) is 3.28. The van der Waals surface area contributed by atoms with Crippen molar-refractivity contribution >= 4 is 6.34 Å². The van der Waals surface area contributed by atoms with Gasteiger partial charge in [0.25, 0.3) is 0 Å². The fourth-order valence-electron chi connectivity index (χ4n) is 2.27. The van der Waals surface area contributed by atoms with Crippen molar-refractivity contribution in [1.82, 2.24) is 5.32 Å². The van der Waals surface area contributed by atoms with Crippen molar-refractivity contribution in [2.45, 2.75) is 77.2 Å². The molecule has 1 aliphatic rings. The van der Waals surface area contributed by atoms with E-state index in [-0.39, 0.29) is 0 Å². The molecule has 0 fully saturated rings. The normalized spacial score (nSPS) is 18.9. The molecule has 2 heteroatoms. The maximum absolute atomic E-state index is 4.19. The smallest absolute Gasteiger partial charge is 0.0827 e. The molecule has 0 spiro atoms. The molecule has 0 bridgehead atoms. The monoisotopic (exact) mass is 224 g/mol. The van der Waals surface area contributed by atoms with Gasteiger partial charge in [-0.2, -0.15) is 0 Å². The highest BCUT2D eigenvalue weighted by atomic mass is 15.0. The number of aliphatic imine (C=N–C) groups is 1. The van der Waals surface area contributed by atoms with E-state index in [1.165, 1.54) is 64.2 Å². The van der Waals surface area contributed by atoms with Crippen molar-refractivity contribution in [1.29, 1.82) is 0 Å². The van der Waals surface area contributed by atoms with Crippen LogP contribution in [0.4, 0.5) is 0 Å². The van der Waals surface area contributed by atoms with Gasteiger partial charge in [-0.3, -0.25) is 4.99 Å². The summed E-state index contributed by atoms with van der Waals surface area (Å²) in [5.74, 6) is 0. The van der Waals surface area contributed by atoms with Crippen molar-refractivity contribution in [3.63, 3.8) is 0 Å². The van der Waals surface area contributed by atoms with Crippen LogP contribution >= 0.6 is 0 Å². The zero-order chi connectivity index (χ0) is 11.5. The van der Waals surface area contributed by atoms with E-state index in [9.17, 15) is 0 Å². The Bertz CT molecular complexity index is 170. The van der Waals surface area contributed by atoms with Crippen LogP contribution in [-0.2, 0) is 0 Å². The summed E-state index contributed by atoms with van der Waals surface area (Å²) in [5.41, 5.74) is 0. The maximum atomic E-state index is 4.19. The highest BCUT2D eigenvalue weighted by molar-refractivity contribution is 5.57. The Morgan fingerprint density at radius 1 is 1.00 bits per heavy atom. The van der Waals surface area contributed by atoms with E-state index in [1.54, 1.807) is 0 Å². The third kappa shape index (κ3) is 6.86. The standard InChI is InChI=1S/C14H28N2/c1-2-3-4-5-6-7-8-9-10-11-14-12-15-13-16-14/h13-14H,2-12H2,1H3,(H,15,16). The summed E-state index contributed by atoms with van der Waals surface area (Å²) in [7, 11) is 0. The first-order valence-electron chi connectivity index (χ1n) is 7.18. The first-order chi connectivity index (χ1) is 7.93. The maximum Gasteiger partial charge on any atom is 0.0827 e. The van der Waals surface area contributed by atoms with Gasteiger partial charge >= 0.3 is 0 Å². The summed E-state index contributed by atoms with van der Waals surface area (Å²) in [5, 5.41) is 3.29. The van der Waals surface area contributed by atoms with Gasteiger partial charge < -0.3 is 5.32 Å². The van der Waals surface area contributed by atoms with Gasteiger partial charge in [0, 0.05) is 6.04 Å². The lowest BCUT2D eigenvalue weighted by atomic mass is 10.0. The summed E-state index contributed by atoms with van der Waals surface area (Å²) in [6, 6.07) is 0.643. The van der Waals surface area contributed by atoms with Gasteiger partial charge in [0.1, 0.15) is 0 Å². The number of hydrogen-bond donors (Lipinski definition) is 1. The minimum atomic E-state index is 0.643. The van der Waals surface area contributed by atoms with Crippen LogP contribution in [0.15, 0.2) is 4.99 Å². The fraction of sp³-hybridized carbons (Fsp3) is 0.929. The Morgan fingerprint density at radius 3 is 2.19 bits per heavy atom. The average molecular weight is 224 g/mol. The molecule has 0 aromatic carbocycles. The number of rotatable bonds is 10. The minimum absolute atomic E-state index is 0.643. The highest BCUT2D eigenvalue weighted by Gasteiger charge is 2.08. The Kier molecular flexibility index (Phi) is 8.19. The van der Waals surface area contributed by atoms with Crippen LogP contribution in [0.1, 0.15) is 71.1 Å². The number of nitrogens with one attached hydrogen (secondary N) is 1. The van der Waals surface area contributed by atoms with E-state index in [0.717, 1.165) is 6.54 Å². The van der Waals surface area contributed by atoms with Crippen molar-refractivity contribution in [2.75, 3.05) is 6.54 Å². The van der Waals surface area contributed by atoms with E-state index >= 15 is 0 Å². The second kappa shape index (κ2) is 9.68. The molecule has 1 heterocycles. The van der Waals surface area contributed by atoms with E-state index in [1.807, 2.05) is 6.34 Å². The van der Waals surface area contributed by atoms with Gasteiger partial charge in [0.15, 0.2) is 0 Å². The lowest BCUT2D eigenvalue weighted by Gasteiger charge is -2.08. The summed E-state index contributed by atoms with van der Waals surface area (Å²) in [4.78, 5) is 4.19. The molecule has 0 aromatic heterocycles. The van der Waals surface area contributed by atoms with Crippen LogP contribution in [0.25, 0.3) is 0 Å². The molecule has 16 heavy (non-hydrogen) atoms. The van der Waals surface area contributed by atoms with Crippen LogP contribution in [-0.4, -0.2) is 18.9 Å². The second-order valence-corrected chi connectivity index (χ2v) is 4.97. The molecule has 0 aromatic rings. The third-order valence-electron chi connectivity index (χ3n) is 3.38. The molecule has 0 saturated heterocycles. The average Bonchev–Trinajstić information content (AvgIpc) is 2.80. The van der Waals surface area contributed by atoms with E-state index in [4.69, 9.17) is 0 Å². The Hall–Kier alpha value is -0.530. The lowest BCUT2D eigenvalue weighted by Crippen LogP contribution is -2.24. The Labute approximate surface area is 101 Å². The lowest BCUT2D eigenvalue weighted by molar-refractivity contribution is 0.519. The molecule has 1 N–H and O–H groups in total. The van der Waals surface area contributed by atoms with Crippen LogP contribution in [0, 0.1) is 0 Å². The molecule has 0 aliphatic carbocycles. The zero-order valence-corrected chi connectivity index (χ0v) is 10.9. The van der Waals surface area contributed by atoms with Crippen LogP contribution in [0.3, 0.4) is 0 Å². The topological polar surface area (TPSA) is 24.4 Å². The molecule has 1 unspecified atom stereocenters. The first kappa shape index (κ1) is 13.5. The Balaban J connectivity index is 1.71. The molecule has 0 radical (unpaired) electrons. The largest absolute Gasteiger partial charge is 0.372 e. The summed E-state index contributed by atoms with van der Waals surface area (Å²) >= 11 is 0. The molecule has 0 saturated carbocycles. The number of hydrogen-bond acceptors (Lipinski definition) is 2. The minimum Gasteiger partial charge on any atom is -0.372 e. The van der Waals surface area contributed by atoms with Gasteiger partial charge in [-0.15, -0.1) is 0 Å². The highest BCUT2D eigenvalue weighted by Crippen LogP contribution is 2.11. The van der Waals surface area contributed by atoms with Gasteiger partial charge in [0.05, 0.1) is 12.9 Å². The Morgan fingerprint density at radius 2 is 1.62 bits per heavy atom. The van der Waals surface area contributed by atoms with Gasteiger partial charge in [0.2, 0.25) is 0 Å². The quantitative estimate of drug-likeness (QED) is 0.559. The molecule has 1 aliphatic heterocycles. The van der Waals surface area contributed by atoms with E-state index < -0.39 is 0 Å². The molecule has 94 valence electrons. The van der Waals surface area contributed by atoms with Crippen molar-refractivity contribution < 1.29 is 0 Å². The van der Waals surface area contributed by atoms with Gasteiger partial charge in [-0.1, -0.05) is 64.7 Å². The molecular formula is C14H28N2. The van der Waals surface area contributed by atoms with Crippen LogP contribution < -0.4 is 5.32 Å². The second-order valence-electron chi connectivity index (χ2n) is 4.97. The number of nitrogens with zero attached hydrogens (tertiary/aromatic N) is 1. The van der Waals surface area contributed by atoms with Crippen molar-refractivity contribution in [3.05, 3.63) is 0 Å². The van der Waals surface area contributed by atoms with Gasteiger partial charge in [-0.05, 0) is 6.42 Å². The van der Waals surface area contributed by atoms with E-state index in [0.29, 0.717) is 6.04 Å². The fourth-order valence-corrected chi connectivity index (χ4v) is 2.27. The first-order valence-corrected chi connectivity index (χ1v) is 7.18. The predicted molar refractivity (Wildman–Crippen MR) is 72.1 cm³/mol. The van der Waals surface area contributed by atoms with Crippen LogP contribution in [0.5, 0.6) is 0 Å². The molecule has 0 amide bonds.